The first-order valence-electron chi connectivity index (χ1n) is 6.24. The highest BCUT2D eigenvalue weighted by Crippen LogP contribution is 2.20. The smallest absolute Gasteiger partial charge is 0.328 e. The molecule has 2 aromatic carbocycles. The van der Waals surface area contributed by atoms with Crippen molar-refractivity contribution >= 4 is 23.9 Å². The van der Waals surface area contributed by atoms with E-state index in [0.29, 0.717) is 16.8 Å². The van der Waals surface area contributed by atoms with Crippen molar-refractivity contribution in [2.45, 2.75) is 0 Å². The van der Waals surface area contributed by atoms with Crippen molar-refractivity contribution in [2.75, 3.05) is 0 Å². The van der Waals surface area contributed by atoms with Gasteiger partial charge in [0.15, 0.2) is 0 Å². The minimum atomic E-state index is -1.01. The minimum absolute atomic E-state index is 0.541. The second-order valence-electron chi connectivity index (χ2n) is 4.19. The van der Waals surface area contributed by atoms with Gasteiger partial charge in [-0.2, -0.15) is 5.26 Å². The molecule has 0 radical (unpaired) electrons. The van der Waals surface area contributed by atoms with E-state index in [0.717, 1.165) is 11.6 Å². The fraction of sp³-hybridized carbons (Fsp3) is 0. The van der Waals surface area contributed by atoms with Crippen LogP contribution in [-0.4, -0.2) is 17.3 Å². The lowest BCUT2D eigenvalue weighted by atomic mass is 10.1. The Labute approximate surface area is 122 Å². The highest BCUT2D eigenvalue weighted by molar-refractivity contribution is 5.89. The summed E-state index contributed by atoms with van der Waals surface area (Å²) in [4.78, 5) is 14.9. The number of hydrogen-bond acceptors (Lipinski definition) is 3. The predicted octanol–water partition coefficient (Wildman–Crippen LogP) is 3.41. The first-order valence-corrected chi connectivity index (χ1v) is 6.24. The van der Waals surface area contributed by atoms with Crippen LogP contribution in [0.3, 0.4) is 0 Å². The molecule has 2 rings (SSSR count). The summed E-state index contributed by atoms with van der Waals surface area (Å²) in [5.74, 6) is -1.01. The second-order valence-corrected chi connectivity index (χ2v) is 4.19. The van der Waals surface area contributed by atoms with Crippen LogP contribution in [0.4, 0.5) is 5.69 Å². The van der Waals surface area contributed by atoms with E-state index in [-0.39, 0.29) is 0 Å². The van der Waals surface area contributed by atoms with Gasteiger partial charge in [-0.25, -0.2) is 4.79 Å². The highest BCUT2D eigenvalue weighted by Gasteiger charge is 1.99. The summed E-state index contributed by atoms with van der Waals surface area (Å²) in [6.07, 6.45) is 4.16. The summed E-state index contributed by atoms with van der Waals surface area (Å²) < 4.78 is 0. The van der Waals surface area contributed by atoms with E-state index in [4.69, 9.17) is 10.4 Å². The fourth-order valence-electron chi connectivity index (χ4n) is 1.76. The van der Waals surface area contributed by atoms with E-state index >= 15 is 0 Å². The molecule has 0 bridgehead atoms. The molecule has 0 saturated heterocycles. The van der Waals surface area contributed by atoms with Gasteiger partial charge in [0.05, 0.1) is 17.3 Å². The van der Waals surface area contributed by atoms with Gasteiger partial charge in [-0.15, -0.1) is 0 Å². The van der Waals surface area contributed by atoms with Crippen LogP contribution in [0.25, 0.3) is 6.08 Å². The number of nitriles is 1. The van der Waals surface area contributed by atoms with Crippen LogP contribution >= 0.6 is 0 Å². The molecule has 0 spiro atoms. The van der Waals surface area contributed by atoms with Gasteiger partial charge < -0.3 is 5.11 Å². The zero-order valence-electron chi connectivity index (χ0n) is 11.1. The lowest BCUT2D eigenvalue weighted by molar-refractivity contribution is -0.131. The molecule has 0 heterocycles. The molecule has 0 aromatic heterocycles. The second kappa shape index (κ2) is 6.83. The summed E-state index contributed by atoms with van der Waals surface area (Å²) in [6, 6.07) is 16.4. The third-order valence-corrected chi connectivity index (χ3v) is 2.77. The summed E-state index contributed by atoms with van der Waals surface area (Å²) in [7, 11) is 0. The first kappa shape index (κ1) is 14.2. The molecule has 4 heteroatoms. The van der Waals surface area contributed by atoms with Crippen molar-refractivity contribution in [1.82, 2.24) is 0 Å². The number of carboxylic acid groups (broad SMARTS) is 1. The summed E-state index contributed by atoms with van der Waals surface area (Å²) in [5.41, 5.74) is 2.60. The van der Waals surface area contributed by atoms with Crippen LogP contribution in [-0.2, 0) is 4.79 Å². The molecule has 1 N–H and O–H groups in total. The molecule has 0 unspecified atom stereocenters. The number of carbonyl (C=O) groups is 1. The van der Waals surface area contributed by atoms with Crippen LogP contribution < -0.4 is 0 Å². The average Bonchev–Trinajstić information content (AvgIpc) is 2.51. The number of carboxylic acids is 1. The first-order chi connectivity index (χ1) is 10.2. The molecule has 0 atom stereocenters. The van der Waals surface area contributed by atoms with Crippen LogP contribution in [0.2, 0.25) is 0 Å². The van der Waals surface area contributed by atoms with E-state index in [2.05, 4.69) is 11.1 Å². The van der Waals surface area contributed by atoms with Crippen molar-refractivity contribution in [2.24, 2.45) is 4.99 Å². The Morgan fingerprint density at radius 1 is 1.10 bits per heavy atom. The SMILES string of the molecule is N#Cc1ccccc1C=Nc1ccccc1/C=C/C(=O)O. The maximum Gasteiger partial charge on any atom is 0.328 e. The molecule has 102 valence electrons. The van der Waals surface area contributed by atoms with Gasteiger partial charge in [0.25, 0.3) is 0 Å². The Morgan fingerprint density at radius 3 is 2.48 bits per heavy atom. The number of aliphatic imine (C=N–C) groups is 1. The van der Waals surface area contributed by atoms with Crippen molar-refractivity contribution in [3.05, 3.63) is 71.3 Å². The molecule has 0 aliphatic heterocycles. The van der Waals surface area contributed by atoms with Gasteiger partial charge >= 0.3 is 5.97 Å². The molecule has 0 aliphatic rings. The van der Waals surface area contributed by atoms with E-state index in [1.807, 2.05) is 18.2 Å². The lowest BCUT2D eigenvalue weighted by Gasteiger charge is -2.00. The Kier molecular flexibility index (Phi) is 4.62. The Bertz CT molecular complexity index is 755. The Hall–Kier alpha value is -3.19. The van der Waals surface area contributed by atoms with Crippen LogP contribution in [0, 0.1) is 11.3 Å². The number of para-hydroxylation sites is 1. The minimum Gasteiger partial charge on any atom is -0.478 e. The number of aliphatic carboxylic acids is 1. The van der Waals surface area contributed by atoms with E-state index in [1.54, 1.807) is 36.5 Å². The van der Waals surface area contributed by atoms with E-state index in [1.165, 1.54) is 6.08 Å². The van der Waals surface area contributed by atoms with Crippen LogP contribution in [0.5, 0.6) is 0 Å². The molecule has 4 nitrogen and oxygen atoms in total. The largest absolute Gasteiger partial charge is 0.478 e. The van der Waals surface area contributed by atoms with Crippen LogP contribution in [0.15, 0.2) is 59.6 Å². The van der Waals surface area contributed by atoms with Gasteiger partial charge in [0.2, 0.25) is 0 Å². The Balaban J connectivity index is 2.34. The predicted molar refractivity (Wildman–Crippen MR) is 81.5 cm³/mol. The molecule has 0 amide bonds. The number of benzene rings is 2. The topological polar surface area (TPSA) is 73.5 Å². The van der Waals surface area contributed by atoms with Gasteiger partial charge in [0, 0.05) is 23.4 Å². The number of rotatable bonds is 4. The average molecular weight is 276 g/mol. The third kappa shape index (κ3) is 3.88. The van der Waals surface area contributed by atoms with Gasteiger partial charge in [-0.3, -0.25) is 4.99 Å². The van der Waals surface area contributed by atoms with Gasteiger partial charge in [0.1, 0.15) is 0 Å². The number of hydrogen-bond donors (Lipinski definition) is 1. The van der Waals surface area contributed by atoms with Gasteiger partial charge in [-0.1, -0.05) is 36.4 Å². The number of nitrogens with zero attached hydrogens (tertiary/aromatic N) is 2. The molecule has 21 heavy (non-hydrogen) atoms. The highest BCUT2D eigenvalue weighted by atomic mass is 16.4. The lowest BCUT2D eigenvalue weighted by Crippen LogP contribution is -1.88. The quantitative estimate of drug-likeness (QED) is 0.687. The van der Waals surface area contributed by atoms with E-state index in [9.17, 15) is 4.79 Å². The Morgan fingerprint density at radius 2 is 1.76 bits per heavy atom. The van der Waals surface area contributed by atoms with Crippen molar-refractivity contribution in [3.8, 4) is 6.07 Å². The van der Waals surface area contributed by atoms with E-state index < -0.39 is 5.97 Å². The van der Waals surface area contributed by atoms with Crippen molar-refractivity contribution < 1.29 is 9.90 Å². The molecular weight excluding hydrogens is 264 g/mol. The maximum absolute atomic E-state index is 10.6. The molecule has 2 aromatic rings. The summed E-state index contributed by atoms with van der Waals surface area (Å²) in [6.45, 7) is 0. The van der Waals surface area contributed by atoms with Crippen molar-refractivity contribution in [1.29, 1.82) is 5.26 Å². The summed E-state index contributed by atoms with van der Waals surface area (Å²) in [5, 5.41) is 17.7. The standard InChI is InChI=1S/C17H12N2O2/c18-11-14-6-1-2-7-15(14)12-19-16-8-4-3-5-13(16)9-10-17(20)21/h1-10,12H,(H,20,21)/b10-9+,19-12?. The maximum atomic E-state index is 10.6. The van der Waals surface area contributed by atoms with Crippen LogP contribution in [0.1, 0.15) is 16.7 Å². The zero-order valence-corrected chi connectivity index (χ0v) is 11.1. The molecule has 0 aliphatic carbocycles. The summed E-state index contributed by atoms with van der Waals surface area (Å²) >= 11 is 0. The molecule has 0 fully saturated rings. The molecular formula is C17H12N2O2. The normalized spacial score (nSPS) is 10.8. The van der Waals surface area contributed by atoms with Crippen molar-refractivity contribution in [3.63, 3.8) is 0 Å². The molecule has 0 saturated carbocycles. The monoisotopic (exact) mass is 276 g/mol. The fourth-order valence-corrected chi connectivity index (χ4v) is 1.76. The van der Waals surface area contributed by atoms with Gasteiger partial charge in [-0.05, 0) is 18.2 Å². The zero-order chi connectivity index (χ0) is 15.1. The third-order valence-electron chi connectivity index (χ3n) is 2.77.